The van der Waals surface area contributed by atoms with Crippen molar-refractivity contribution in [3.05, 3.63) is 35.9 Å². The Balaban J connectivity index is 2.06. The summed E-state index contributed by atoms with van der Waals surface area (Å²) in [5, 5.41) is 18.3. The lowest BCUT2D eigenvalue weighted by molar-refractivity contribution is -0.125. The minimum atomic E-state index is -0.863. The second-order valence-electron chi connectivity index (χ2n) is 9.42. The summed E-state index contributed by atoms with van der Waals surface area (Å²) in [5.41, 5.74) is 0.997. The number of nitrogens with one attached hydrogen (secondary N) is 2. The molecule has 5 N–H and O–H groups in total. The number of hydrogen-bond acceptors (Lipinski definition) is 6. The van der Waals surface area contributed by atoms with Gasteiger partial charge in [0.2, 0.25) is 5.91 Å². The smallest absolute Gasteiger partial charge is 0.407 e. The Kier molecular flexibility index (Phi) is 11.6. The average Bonchev–Trinajstić information content (AvgIpc) is 2.78. The fourth-order valence-electron chi connectivity index (χ4n) is 4.40. The molecule has 33 heavy (non-hydrogen) atoms. The molecule has 186 valence electrons. The van der Waals surface area contributed by atoms with Gasteiger partial charge in [0.05, 0.1) is 18.8 Å². The van der Waals surface area contributed by atoms with Crippen molar-refractivity contribution in [1.29, 1.82) is 0 Å². The van der Waals surface area contributed by atoms with Gasteiger partial charge in [-0.25, -0.2) is 9.80 Å². The van der Waals surface area contributed by atoms with E-state index in [0.29, 0.717) is 12.3 Å². The zero-order valence-corrected chi connectivity index (χ0v) is 20.3. The number of hydrazine groups is 1. The zero-order valence-electron chi connectivity index (χ0n) is 20.3. The van der Waals surface area contributed by atoms with Gasteiger partial charge in [-0.05, 0) is 43.6 Å². The highest BCUT2D eigenvalue weighted by Crippen LogP contribution is 2.24. The molecule has 0 heterocycles. The number of carbonyl (C=O) groups is 2. The number of ether oxygens (including phenoxy) is 1. The third kappa shape index (κ3) is 9.70. The van der Waals surface area contributed by atoms with E-state index in [1.807, 2.05) is 44.2 Å². The first-order chi connectivity index (χ1) is 15.8. The van der Waals surface area contributed by atoms with Gasteiger partial charge < -0.3 is 20.5 Å². The third-order valence-electron chi connectivity index (χ3n) is 6.23. The Labute approximate surface area is 198 Å². The highest BCUT2D eigenvalue weighted by molar-refractivity contribution is 5.86. The van der Waals surface area contributed by atoms with Crippen LogP contribution in [-0.4, -0.2) is 60.0 Å². The van der Waals surface area contributed by atoms with E-state index >= 15 is 0 Å². The number of benzene rings is 1. The van der Waals surface area contributed by atoms with Crippen molar-refractivity contribution >= 4 is 12.0 Å². The van der Waals surface area contributed by atoms with Gasteiger partial charge in [-0.15, -0.1) is 0 Å². The van der Waals surface area contributed by atoms with Crippen molar-refractivity contribution in [2.24, 2.45) is 17.7 Å². The van der Waals surface area contributed by atoms with Gasteiger partial charge in [-0.3, -0.25) is 10.6 Å². The van der Waals surface area contributed by atoms with Gasteiger partial charge in [-0.2, -0.15) is 0 Å². The van der Waals surface area contributed by atoms with Crippen LogP contribution >= 0.6 is 0 Å². The number of carbonyl (C=O) groups excluding carboxylic acids is 2. The summed E-state index contributed by atoms with van der Waals surface area (Å²) in [4.78, 5) is 25.0. The molecule has 0 saturated heterocycles. The number of alkyl carbamates (subject to hydrolysis) is 1. The predicted molar refractivity (Wildman–Crippen MR) is 129 cm³/mol. The van der Waals surface area contributed by atoms with Crippen LogP contribution in [0.5, 0.6) is 0 Å². The largest absolute Gasteiger partial charge is 0.450 e. The molecule has 8 heteroatoms. The highest BCUT2D eigenvalue weighted by Gasteiger charge is 2.30. The lowest BCUT2D eigenvalue weighted by Gasteiger charge is -2.32. The molecular formula is C25H42N4O4. The molecule has 0 radical (unpaired) electrons. The molecule has 1 saturated carbocycles. The Morgan fingerprint density at radius 3 is 2.42 bits per heavy atom. The fourth-order valence-corrected chi connectivity index (χ4v) is 4.40. The molecular weight excluding hydrogens is 420 g/mol. The van der Waals surface area contributed by atoms with E-state index in [1.54, 1.807) is 11.9 Å². The van der Waals surface area contributed by atoms with Crippen molar-refractivity contribution in [1.82, 2.24) is 15.6 Å². The minimum absolute atomic E-state index is 0.152. The molecule has 0 aromatic heterocycles. The lowest BCUT2D eigenvalue weighted by atomic mass is 9.89. The van der Waals surface area contributed by atoms with Gasteiger partial charge >= 0.3 is 6.09 Å². The maximum Gasteiger partial charge on any atom is 0.407 e. The summed E-state index contributed by atoms with van der Waals surface area (Å²) in [6.45, 7) is 6.63. The number of amides is 2. The first-order valence-electron chi connectivity index (χ1n) is 12.2. The van der Waals surface area contributed by atoms with Gasteiger partial charge in [0, 0.05) is 13.1 Å². The van der Waals surface area contributed by atoms with E-state index in [4.69, 9.17) is 10.6 Å². The Hall–Kier alpha value is -2.16. The number of aliphatic hydroxyl groups is 1. The molecule has 0 spiro atoms. The van der Waals surface area contributed by atoms with Crippen molar-refractivity contribution in [3.63, 3.8) is 0 Å². The normalized spacial score (nSPS) is 17.4. The van der Waals surface area contributed by atoms with Crippen LogP contribution in [-0.2, 0) is 16.0 Å². The van der Waals surface area contributed by atoms with Crippen molar-refractivity contribution in [2.75, 3.05) is 19.7 Å². The molecule has 8 nitrogen and oxygen atoms in total. The second kappa shape index (κ2) is 14.2. The average molecular weight is 463 g/mol. The van der Waals surface area contributed by atoms with Crippen LogP contribution in [0.1, 0.15) is 58.4 Å². The van der Waals surface area contributed by atoms with Crippen molar-refractivity contribution < 1.29 is 19.4 Å². The Morgan fingerprint density at radius 2 is 1.82 bits per heavy atom. The zero-order chi connectivity index (χ0) is 24.2. The monoisotopic (exact) mass is 462 g/mol. The van der Waals surface area contributed by atoms with E-state index in [1.165, 1.54) is 32.1 Å². The topological polar surface area (TPSA) is 117 Å². The van der Waals surface area contributed by atoms with E-state index in [0.717, 1.165) is 12.1 Å². The van der Waals surface area contributed by atoms with Crippen LogP contribution in [0.25, 0.3) is 0 Å². The molecule has 1 aliphatic rings. The van der Waals surface area contributed by atoms with Crippen LogP contribution in [0.15, 0.2) is 30.3 Å². The third-order valence-corrected chi connectivity index (χ3v) is 6.23. The number of aliphatic hydroxyl groups excluding tert-OH is 1. The van der Waals surface area contributed by atoms with Crippen LogP contribution in [0.3, 0.4) is 0 Å². The van der Waals surface area contributed by atoms with Crippen LogP contribution in [0, 0.1) is 11.8 Å². The molecule has 0 unspecified atom stereocenters. The molecule has 2 rings (SSSR count). The first-order valence-corrected chi connectivity index (χ1v) is 12.2. The maximum absolute atomic E-state index is 13.1. The first kappa shape index (κ1) is 27.1. The van der Waals surface area contributed by atoms with E-state index in [9.17, 15) is 14.7 Å². The molecule has 1 aliphatic carbocycles. The van der Waals surface area contributed by atoms with Crippen LogP contribution in [0.2, 0.25) is 0 Å². The minimum Gasteiger partial charge on any atom is -0.450 e. The molecule has 0 bridgehead atoms. The maximum atomic E-state index is 13.1. The van der Waals surface area contributed by atoms with Crippen molar-refractivity contribution in [3.8, 4) is 0 Å². The van der Waals surface area contributed by atoms with Gasteiger partial charge in [-0.1, -0.05) is 63.4 Å². The summed E-state index contributed by atoms with van der Waals surface area (Å²) in [6, 6.07) is 8.39. The van der Waals surface area contributed by atoms with Crippen molar-refractivity contribution in [2.45, 2.75) is 77.5 Å². The van der Waals surface area contributed by atoms with E-state index < -0.39 is 24.3 Å². The predicted octanol–water partition coefficient (Wildman–Crippen LogP) is 2.60. The number of nitrogens with zero attached hydrogens (tertiary/aromatic N) is 1. The van der Waals surface area contributed by atoms with E-state index in [-0.39, 0.29) is 25.0 Å². The summed E-state index contributed by atoms with van der Waals surface area (Å²) in [5.74, 6) is 6.31. The Morgan fingerprint density at radius 1 is 1.15 bits per heavy atom. The van der Waals surface area contributed by atoms with Gasteiger partial charge in [0.25, 0.3) is 0 Å². The summed E-state index contributed by atoms with van der Waals surface area (Å²) >= 11 is 0. The van der Waals surface area contributed by atoms with Gasteiger partial charge in [0.15, 0.2) is 0 Å². The molecule has 0 aliphatic heterocycles. The highest BCUT2D eigenvalue weighted by atomic mass is 16.5. The number of rotatable bonds is 12. The number of nitrogens with two attached hydrogens (primary N) is 1. The summed E-state index contributed by atoms with van der Waals surface area (Å²) < 4.78 is 4.94. The Bertz CT molecular complexity index is 710. The van der Waals surface area contributed by atoms with Gasteiger partial charge in [0.1, 0.15) is 6.04 Å². The molecule has 1 fully saturated rings. The van der Waals surface area contributed by atoms with Crippen LogP contribution in [0.4, 0.5) is 4.79 Å². The molecule has 2 amide bonds. The number of hydrogen-bond donors (Lipinski definition) is 4. The lowest BCUT2D eigenvalue weighted by Crippen LogP contribution is -2.57. The summed E-state index contributed by atoms with van der Waals surface area (Å²) in [6.07, 6.45) is 5.05. The van der Waals surface area contributed by atoms with Crippen LogP contribution < -0.4 is 16.5 Å². The fraction of sp³-hybridized carbons (Fsp3) is 0.680. The molecule has 1 aromatic rings. The summed E-state index contributed by atoms with van der Waals surface area (Å²) in [7, 11) is 0. The SMILES string of the molecule is CCOC(=O)N[C@H](C(=O)N[C@@H](Cc1ccccc1)[C@@H](O)CN(N)CC1CCCCC1)C(C)C. The molecule has 1 aromatic carbocycles. The second-order valence-corrected chi connectivity index (χ2v) is 9.42. The standard InChI is InChI=1S/C25H42N4O4/c1-4-33-25(32)28-23(18(2)3)24(31)27-21(15-19-11-7-5-8-12-19)22(30)17-29(26)16-20-13-9-6-10-14-20/h5,7-8,11-12,18,20-23,30H,4,6,9-10,13-17,26H2,1-3H3,(H,27,31)(H,28,32)/t21-,22-,23-/m0/s1. The molecule has 3 atom stereocenters. The quantitative estimate of drug-likeness (QED) is 0.280. The van der Waals surface area contributed by atoms with E-state index in [2.05, 4.69) is 10.6 Å².